The predicted molar refractivity (Wildman–Crippen MR) is 91.1 cm³/mol. The van der Waals surface area contributed by atoms with Crippen molar-refractivity contribution in [3.63, 3.8) is 0 Å². The van der Waals surface area contributed by atoms with Gasteiger partial charge in [-0.3, -0.25) is 10.1 Å². The Bertz CT molecular complexity index is 692. The van der Waals surface area contributed by atoms with E-state index in [4.69, 9.17) is 4.74 Å². The predicted octanol–water partition coefficient (Wildman–Crippen LogP) is 1.38. The van der Waals surface area contributed by atoms with E-state index in [1.165, 1.54) is 12.1 Å². The Morgan fingerprint density at radius 1 is 1.46 bits per heavy atom. The molecule has 1 heterocycles. The monoisotopic (exact) mass is 357 g/mol. The van der Waals surface area contributed by atoms with Crippen molar-refractivity contribution in [2.45, 2.75) is 11.3 Å². The van der Waals surface area contributed by atoms with E-state index in [9.17, 15) is 18.5 Å². The summed E-state index contributed by atoms with van der Waals surface area (Å²) in [5.41, 5.74) is 0.134. The van der Waals surface area contributed by atoms with E-state index in [0.29, 0.717) is 24.8 Å². The molecule has 0 spiro atoms. The zero-order valence-corrected chi connectivity index (χ0v) is 14.7. The largest absolute Gasteiger partial charge is 0.383 e. The van der Waals surface area contributed by atoms with Crippen molar-refractivity contribution < 1.29 is 18.1 Å². The number of hydrogen-bond acceptors (Lipinski definition) is 7. The molecule has 1 aliphatic rings. The second-order valence-corrected chi connectivity index (χ2v) is 8.05. The van der Waals surface area contributed by atoms with Gasteiger partial charge in [-0.2, -0.15) is 0 Å². The Morgan fingerprint density at radius 2 is 2.21 bits per heavy atom. The summed E-state index contributed by atoms with van der Waals surface area (Å²) >= 11 is 0. The molecule has 1 unspecified atom stereocenters. The summed E-state index contributed by atoms with van der Waals surface area (Å²) < 4.78 is 28.2. The van der Waals surface area contributed by atoms with Crippen molar-refractivity contribution in [3.8, 4) is 0 Å². The van der Waals surface area contributed by atoms with Gasteiger partial charge in [0, 0.05) is 39.1 Å². The maximum Gasteiger partial charge on any atom is 0.293 e. The minimum atomic E-state index is -3.47. The van der Waals surface area contributed by atoms with Crippen LogP contribution in [0.2, 0.25) is 0 Å². The van der Waals surface area contributed by atoms with Gasteiger partial charge in [-0.05, 0) is 31.0 Å². The van der Waals surface area contributed by atoms with Crippen LogP contribution in [-0.4, -0.2) is 64.4 Å². The lowest BCUT2D eigenvalue weighted by Gasteiger charge is -2.16. The third-order valence-electron chi connectivity index (χ3n) is 4.16. The van der Waals surface area contributed by atoms with Gasteiger partial charge in [0.1, 0.15) is 5.69 Å². The van der Waals surface area contributed by atoms with Crippen LogP contribution >= 0.6 is 0 Å². The summed E-state index contributed by atoms with van der Waals surface area (Å²) in [7, 11) is -1.80. The van der Waals surface area contributed by atoms with Gasteiger partial charge in [0.25, 0.3) is 5.69 Å². The fraction of sp³-hybridized carbons (Fsp3) is 0.600. The van der Waals surface area contributed by atoms with Crippen LogP contribution in [0.1, 0.15) is 6.42 Å². The Morgan fingerprint density at radius 3 is 2.83 bits per heavy atom. The summed E-state index contributed by atoms with van der Waals surface area (Å²) in [5.74, 6) is 0.399. The normalized spacial score (nSPS) is 18.7. The molecule has 1 aromatic carbocycles. The number of nitro groups is 1. The van der Waals surface area contributed by atoms with E-state index in [1.807, 2.05) is 0 Å². The molecule has 1 atom stereocenters. The van der Waals surface area contributed by atoms with Crippen LogP contribution in [0.5, 0.6) is 0 Å². The highest BCUT2D eigenvalue weighted by molar-refractivity contribution is 7.90. The quantitative estimate of drug-likeness (QED) is 0.554. The third kappa shape index (κ3) is 4.89. The number of methoxy groups -OCH3 is 1. The summed E-state index contributed by atoms with van der Waals surface area (Å²) in [6.45, 7) is 4.10. The van der Waals surface area contributed by atoms with Crippen molar-refractivity contribution in [2.24, 2.45) is 5.92 Å². The molecular weight excluding hydrogens is 334 g/mol. The van der Waals surface area contributed by atoms with Crippen LogP contribution in [0.4, 0.5) is 11.4 Å². The molecule has 0 aliphatic carbocycles. The lowest BCUT2D eigenvalue weighted by atomic mass is 10.1. The summed E-state index contributed by atoms with van der Waals surface area (Å²) in [5, 5.41) is 14.3. The minimum Gasteiger partial charge on any atom is -0.383 e. The highest BCUT2D eigenvalue weighted by Crippen LogP contribution is 2.28. The molecule has 1 N–H and O–H groups in total. The molecular formula is C15H23N3O5S. The van der Waals surface area contributed by atoms with Crippen LogP contribution in [0.3, 0.4) is 0 Å². The number of sulfone groups is 1. The second-order valence-electron chi connectivity index (χ2n) is 6.04. The first-order valence-electron chi connectivity index (χ1n) is 7.75. The number of nitrogens with one attached hydrogen (secondary N) is 1. The van der Waals surface area contributed by atoms with Gasteiger partial charge < -0.3 is 15.0 Å². The van der Waals surface area contributed by atoms with E-state index >= 15 is 0 Å². The maximum atomic E-state index is 11.5. The number of hydrogen-bond donors (Lipinski definition) is 1. The van der Waals surface area contributed by atoms with E-state index in [0.717, 1.165) is 38.4 Å². The van der Waals surface area contributed by atoms with Gasteiger partial charge in [-0.15, -0.1) is 0 Å². The Labute approximate surface area is 141 Å². The lowest BCUT2D eigenvalue weighted by Crippen LogP contribution is -2.26. The summed E-state index contributed by atoms with van der Waals surface area (Å²) in [6, 6.07) is 3.97. The Kier molecular flexibility index (Phi) is 6.14. The van der Waals surface area contributed by atoms with Gasteiger partial charge in [0.05, 0.1) is 16.4 Å². The number of nitrogens with zero attached hydrogens (tertiary/aromatic N) is 2. The lowest BCUT2D eigenvalue weighted by molar-refractivity contribution is -0.384. The molecule has 0 radical (unpaired) electrons. The first-order valence-corrected chi connectivity index (χ1v) is 9.64. The SMILES string of the molecule is COCCN1CCC(CNc2ccc(S(C)(=O)=O)cc2[N+](=O)[O-])C1. The first kappa shape index (κ1) is 18.6. The highest BCUT2D eigenvalue weighted by Gasteiger charge is 2.24. The van der Waals surface area contributed by atoms with Gasteiger partial charge in [0.2, 0.25) is 0 Å². The molecule has 9 heteroatoms. The van der Waals surface area contributed by atoms with Gasteiger partial charge in [-0.25, -0.2) is 8.42 Å². The minimum absolute atomic E-state index is 0.0497. The van der Waals surface area contributed by atoms with Crippen LogP contribution in [0.25, 0.3) is 0 Å². The number of benzene rings is 1. The molecule has 0 amide bonds. The zero-order chi connectivity index (χ0) is 17.7. The molecule has 1 saturated heterocycles. The molecule has 1 fully saturated rings. The number of ether oxygens (including phenoxy) is 1. The molecule has 134 valence electrons. The van der Waals surface area contributed by atoms with Crippen molar-refractivity contribution in [1.82, 2.24) is 4.90 Å². The van der Waals surface area contributed by atoms with E-state index in [-0.39, 0.29) is 10.6 Å². The number of nitro benzene ring substituents is 1. The Balaban J connectivity index is 2.01. The average molecular weight is 357 g/mol. The van der Waals surface area contributed by atoms with Crippen molar-refractivity contribution >= 4 is 21.2 Å². The summed E-state index contributed by atoms with van der Waals surface area (Å²) in [4.78, 5) is 12.9. The number of rotatable bonds is 8. The zero-order valence-electron chi connectivity index (χ0n) is 13.9. The Hall–Kier alpha value is -1.71. The molecule has 2 rings (SSSR count). The molecule has 1 aliphatic heterocycles. The first-order chi connectivity index (χ1) is 11.3. The van der Waals surface area contributed by atoms with Crippen molar-refractivity contribution in [1.29, 1.82) is 0 Å². The standard InChI is InChI=1S/C15H23N3O5S/c1-23-8-7-17-6-5-12(11-17)10-16-14-4-3-13(24(2,21)22)9-15(14)18(19)20/h3-4,9,12,16H,5-8,10-11H2,1-2H3. The fourth-order valence-corrected chi connectivity index (χ4v) is 3.44. The molecule has 0 aromatic heterocycles. The molecule has 24 heavy (non-hydrogen) atoms. The van der Waals surface area contributed by atoms with Crippen LogP contribution < -0.4 is 5.32 Å². The molecule has 0 saturated carbocycles. The van der Waals surface area contributed by atoms with Gasteiger partial charge >= 0.3 is 0 Å². The average Bonchev–Trinajstić information content (AvgIpc) is 2.97. The fourth-order valence-electron chi connectivity index (χ4n) is 2.80. The van der Waals surface area contributed by atoms with E-state index in [1.54, 1.807) is 7.11 Å². The second kappa shape index (κ2) is 7.91. The van der Waals surface area contributed by atoms with Crippen LogP contribution in [-0.2, 0) is 14.6 Å². The molecule has 0 bridgehead atoms. The third-order valence-corrected chi connectivity index (χ3v) is 5.27. The number of likely N-dealkylation sites (tertiary alicyclic amines) is 1. The smallest absolute Gasteiger partial charge is 0.293 e. The van der Waals surface area contributed by atoms with Gasteiger partial charge in [0.15, 0.2) is 9.84 Å². The molecule has 1 aromatic rings. The van der Waals surface area contributed by atoms with E-state index in [2.05, 4.69) is 10.2 Å². The highest BCUT2D eigenvalue weighted by atomic mass is 32.2. The maximum absolute atomic E-state index is 11.5. The topological polar surface area (TPSA) is 102 Å². The van der Waals surface area contributed by atoms with Gasteiger partial charge in [-0.1, -0.05) is 0 Å². The number of anilines is 1. The van der Waals surface area contributed by atoms with Crippen molar-refractivity contribution in [3.05, 3.63) is 28.3 Å². The summed E-state index contributed by atoms with van der Waals surface area (Å²) in [6.07, 6.45) is 2.05. The van der Waals surface area contributed by atoms with Crippen LogP contribution in [0.15, 0.2) is 23.1 Å². The van der Waals surface area contributed by atoms with E-state index < -0.39 is 14.8 Å². The molecule has 8 nitrogen and oxygen atoms in total. The van der Waals surface area contributed by atoms with Crippen molar-refractivity contribution in [2.75, 3.05) is 51.5 Å². The van der Waals surface area contributed by atoms with Crippen LogP contribution in [0, 0.1) is 16.0 Å².